The number of fused-ring (bicyclic) bond motifs is 1. The van der Waals surface area contributed by atoms with Crippen LogP contribution in [0.5, 0.6) is 5.75 Å². The Hall–Kier alpha value is -1.32. The molecule has 0 radical (unpaired) electrons. The topological polar surface area (TPSA) is 55.5 Å². The van der Waals surface area contributed by atoms with E-state index < -0.39 is 5.54 Å². The van der Waals surface area contributed by atoms with Crippen molar-refractivity contribution in [3.63, 3.8) is 0 Å². The van der Waals surface area contributed by atoms with Gasteiger partial charge in [-0.1, -0.05) is 50.8 Å². The molecule has 3 N–H and O–H groups in total. The third-order valence-electron chi connectivity index (χ3n) is 4.53. The number of benzene rings is 1. The van der Waals surface area contributed by atoms with E-state index in [-0.39, 0.29) is 12.5 Å². The van der Waals surface area contributed by atoms with Crippen molar-refractivity contribution in [2.45, 2.75) is 63.8 Å². The van der Waals surface area contributed by atoms with Gasteiger partial charge >= 0.3 is 0 Å². The quantitative estimate of drug-likeness (QED) is 0.634. The van der Waals surface area contributed by atoms with Gasteiger partial charge in [0.25, 0.3) is 0 Å². The van der Waals surface area contributed by atoms with Crippen LogP contribution >= 0.6 is 0 Å². The van der Waals surface area contributed by atoms with E-state index in [2.05, 4.69) is 37.3 Å². The fourth-order valence-electron chi connectivity index (χ4n) is 3.09. The minimum absolute atomic E-state index is 0.00585. The maximum absolute atomic E-state index is 9.35. The second-order valence-corrected chi connectivity index (χ2v) is 7.04. The Balaban J connectivity index is 1.85. The highest BCUT2D eigenvalue weighted by molar-refractivity contribution is 5.64. The summed E-state index contributed by atoms with van der Waals surface area (Å²) in [5.74, 6) is 1.23. The lowest BCUT2D eigenvalue weighted by Crippen LogP contribution is -2.41. The highest BCUT2D eigenvalue weighted by atomic mass is 16.5. The molecule has 0 spiro atoms. The van der Waals surface area contributed by atoms with Crippen LogP contribution in [0.2, 0.25) is 0 Å². The molecule has 0 aromatic heterocycles. The van der Waals surface area contributed by atoms with Gasteiger partial charge in [-0.15, -0.1) is 0 Å². The molecule has 0 amide bonds. The van der Waals surface area contributed by atoms with Gasteiger partial charge in [-0.2, -0.15) is 0 Å². The molecule has 0 aliphatic heterocycles. The van der Waals surface area contributed by atoms with Crippen molar-refractivity contribution < 1.29 is 9.84 Å². The number of nitrogens with two attached hydrogens (primary N) is 1. The molecule has 0 saturated heterocycles. The number of aliphatic hydroxyl groups excluding tert-OH is 1. The molecule has 2 atom stereocenters. The molecule has 1 aliphatic rings. The number of hydrogen-bond donors (Lipinski definition) is 2. The van der Waals surface area contributed by atoms with Gasteiger partial charge in [-0.05, 0) is 43.0 Å². The third-order valence-corrected chi connectivity index (χ3v) is 4.53. The van der Waals surface area contributed by atoms with E-state index in [1.54, 1.807) is 0 Å². The van der Waals surface area contributed by atoms with E-state index in [1.165, 1.54) is 36.8 Å². The zero-order valence-electron chi connectivity index (χ0n) is 14.6. The summed E-state index contributed by atoms with van der Waals surface area (Å²) in [6, 6.07) is 6.31. The molecule has 23 heavy (non-hydrogen) atoms. The largest absolute Gasteiger partial charge is 0.494 e. The Labute approximate surface area is 140 Å². The highest BCUT2D eigenvalue weighted by Gasteiger charge is 2.26. The fourth-order valence-corrected chi connectivity index (χ4v) is 3.09. The first-order valence-electron chi connectivity index (χ1n) is 8.90. The summed E-state index contributed by atoms with van der Waals surface area (Å²) in [7, 11) is 0. The smallest absolute Gasteiger partial charge is 0.119 e. The molecule has 0 fully saturated rings. The second-order valence-electron chi connectivity index (χ2n) is 7.04. The van der Waals surface area contributed by atoms with Crippen LogP contribution in [0.25, 0.3) is 6.08 Å². The van der Waals surface area contributed by atoms with Crippen molar-refractivity contribution in [1.29, 1.82) is 0 Å². The van der Waals surface area contributed by atoms with Crippen molar-refractivity contribution in [2.75, 3.05) is 13.2 Å². The number of unbranched alkanes of at least 4 members (excludes halogenated alkanes) is 4. The Morgan fingerprint density at radius 1 is 1.22 bits per heavy atom. The van der Waals surface area contributed by atoms with Crippen LogP contribution in [-0.2, 0) is 0 Å². The van der Waals surface area contributed by atoms with E-state index in [9.17, 15) is 5.11 Å². The normalized spacial score (nSPS) is 18.7. The van der Waals surface area contributed by atoms with Crippen LogP contribution in [0.3, 0.4) is 0 Å². The lowest BCUT2D eigenvalue weighted by molar-refractivity contribution is 0.197. The van der Waals surface area contributed by atoms with Crippen molar-refractivity contribution in [3.05, 3.63) is 35.4 Å². The first-order chi connectivity index (χ1) is 11.1. The predicted octanol–water partition coefficient (Wildman–Crippen LogP) is 4.25. The molecule has 1 aliphatic carbocycles. The summed E-state index contributed by atoms with van der Waals surface area (Å²) in [4.78, 5) is 0. The van der Waals surface area contributed by atoms with Gasteiger partial charge in [0.1, 0.15) is 5.75 Å². The zero-order valence-corrected chi connectivity index (χ0v) is 14.6. The van der Waals surface area contributed by atoms with Crippen molar-refractivity contribution >= 4 is 6.08 Å². The first-order valence-corrected chi connectivity index (χ1v) is 8.90. The highest BCUT2D eigenvalue weighted by Crippen LogP contribution is 2.36. The van der Waals surface area contributed by atoms with Gasteiger partial charge in [-0.25, -0.2) is 0 Å². The predicted molar refractivity (Wildman–Crippen MR) is 96.8 cm³/mol. The maximum atomic E-state index is 9.35. The lowest BCUT2D eigenvalue weighted by Gasteiger charge is -2.25. The minimum Gasteiger partial charge on any atom is -0.494 e. The Morgan fingerprint density at radius 2 is 2.00 bits per heavy atom. The number of rotatable bonds is 10. The molecule has 1 aromatic carbocycles. The molecule has 0 saturated carbocycles. The van der Waals surface area contributed by atoms with Gasteiger partial charge in [0.2, 0.25) is 0 Å². The number of allylic oxidation sites excluding steroid dienone is 1. The molecule has 3 heteroatoms. The number of aliphatic hydroxyl groups is 1. The average molecular weight is 317 g/mol. The molecule has 1 unspecified atom stereocenters. The standard InChI is InChI=1S/C20H31NO2/c1-3-4-5-6-7-12-23-18-10-11-19-16(13-18)8-9-17(19)14-20(2,21)15-22/h8-11,13,17,22H,3-7,12,14-15,21H2,1-2H3/t17-,20?/m0/s1. The molecular weight excluding hydrogens is 286 g/mol. The fraction of sp³-hybridized carbons (Fsp3) is 0.600. The summed E-state index contributed by atoms with van der Waals surface area (Å²) in [6.07, 6.45) is 11.3. The van der Waals surface area contributed by atoms with Crippen LogP contribution in [0, 0.1) is 0 Å². The van der Waals surface area contributed by atoms with Gasteiger partial charge < -0.3 is 15.6 Å². The number of hydrogen-bond acceptors (Lipinski definition) is 3. The molecule has 3 nitrogen and oxygen atoms in total. The van der Waals surface area contributed by atoms with E-state index >= 15 is 0 Å². The van der Waals surface area contributed by atoms with Crippen molar-refractivity contribution in [3.8, 4) is 5.75 Å². The van der Waals surface area contributed by atoms with Crippen LogP contribution in [0.1, 0.15) is 69.4 Å². The lowest BCUT2D eigenvalue weighted by atomic mass is 9.87. The second kappa shape index (κ2) is 8.51. The molecule has 0 heterocycles. The van der Waals surface area contributed by atoms with E-state index in [0.717, 1.165) is 25.2 Å². The monoisotopic (exact) mass is 317 g/mol. The summed E-state index contributed by atoms with van der Waals surface area (Å²) in [5, 5.41) is 9.35. The zero-order chi connectivity index (χ0) is 16.7. The first kappa shape index (κ1) is 18.0. The molecule has 1 aromatic rings. The Kier molecular flexibility index (Phi) is 6.67. The summed E-state index contributed by atoms with van der Waals surface area (Å²) in [5.41, 5.74) is 8.05. The molecule has 2 rings (SSSR count). The van der Waals surface area contributed by atoms with Crippen LogP contribution < -0.4 is 10.5 Å². The molecule has 128 valence electrons. The van der Waals surface area contributed by atoms with E-state index in [0.29, 0.717) is 0 Å². The Morgan fingerprint density at radius 3 is 2.74 bits per heavy atom. The average Bonchev–Trinajstić information content (AvgIpc) is 2.92. The SMILES string of the molecule is CCCCCCCOc1ccc2c(c1)C=C[C@H]2CC(C)(N)CO. The Bertz CT molecular complexity index is 522. The third kappa shape index (κ3) is 5.36. The van der Waals surface area contributed by atoms with Crippen LogP contribution in [-0.4, -0.2) is 23.9 Å². The van der Waals surface area contributed by atoms with Gasteiger partial charge in [0.15, 0.2) is 0 Å². The maximum Gasteiger partial charge on any atom is 0.119 e. The van der Waals surface area contributed by atoms with Crippen molar-refractivity contribution in [2.24, 2.45) is 5.73 Å². The summed E-state index contributed by atoms with van der Waals surface area (Å²) in [6.45, 7) is 4.93. The minimum atomic E-state index is -0.537. The van der Waals surface area contributed by atoms with Crippen molar-refractivity contribution in [1.82, 2.24) is 0 Å². The van der Waals surface area contributed by atoms with Gasteiger partial charge in [-0.3, -0.25) is 0 Å². The van der Waals surface area contributed by atoms with Gasteiger partial charge in [0, 0.05) is 11.5 Å². The number of ether oxygens (including phenoxy) is 1. The van der Waals surface area contributed by atoms with E-state index in [4.69, 9.17) is 10.5 Å². The summed E-state index contributed by atoms with van der Waals surface area (Å²) >= 11 is 0. The molecular formula is C20H31NO2. The summed E-state index contributed by atoms with van der Waals surface area (Å²) < 4.78 is 5.87. The van der Waals surface area contributed by atoms with E-state index in [1.807, 2.05) is 6.92 Å². The van der Waals surface area contributed by atoms with Crippen LogP contribution in [0.15, 0.2) is 24.3 Å². The van der Waals surface area contributed by atoms with Gasteiger partial charge in [0.05, 0.1) is 13.2 Å². The molecule has 0 bridgehead atoms. The van der Waals surface area contributed by atoms with Crippen LogP contribution in [0.4, 0.5) is 0 Å².